The quantitative estimate of drug-likeness (QED) is 0.215. The lowest BCUT2D eigenvalue weighted by atomic mass is 9.87. The number of fused-ring (bicyclic) bond motifs is 1. The molecular formula is C32H31F4N3O4. The Morgan fingerprint density at radius 3 is 2.33 bits per heavy atom. The summed E-state index contributed by atoms with van der Waals surface area (Å²) in [5.41, 5.74) is -3.14. The largest absolute Gasteiger partial charge is 0.494 e. The molecule has 43 heavy (non-hydrogen) atoms. The molecule has 2 aromatic carbocycles. The number of nitrogens with one attached hydrogen (secondary N) is 1. The number of hydrogen-bond acceptors (Lipinski definition) is 6. The SMILES string of the molecule is COc1cc(C(=O)NC[C@](O)(c2cc(C(C)(C)O)c(F)c(-c3ccc(C(F)(F)F)cc3)n2)C2CC2)cc2cc(C)cnc12. The predicted octanol–water partition coefficient (Wildman–Crippen LogP) is 6.03. The summed E-state index contributed by atoms with van der Waals surface area (Å²) in [6, 6.07) is 10.1. The Kier molecular flexibility index (Phi) is 7.68. The molecule has 3 N–H and O–H groups in total. The Bertz CT molecular complexity index is 1700. The van der Waals surface area contributed by atoms with Crippen molar-refractivity contribution < 1.29 is 37.3 Å². The summed E-state index contributed by atoms with van der Waals surface area (Å²) in [7, 11) is 1.47. The molecule has 0 saturated heterocycles. The summed E-state index contributed by atoms with van der Waals surface area (Å²) in [6.07, 6.45) is -1.68. The van der Waals surface area contributed by atoms with E-state index in [0.717, 1.165) is 29.8 Å². The van der Waals surface area contributed by atoms with Crippen molar-refractivity contribution in [3.63, 3.8) is 0 Å². The van der Waals surface area contributed by atoms with Gasteiger partial charge >= 0.3 is 6.18 Å². The molecule has 1 atom stereocenters. The number of benzene rings is 2. The highest BCUT2D eigenvalue weighted by Gasteiger charge is 2.47. The lowest BCUT2D eigenvalue weighted by Crippen LogP contribution is -2.43. The van der Waals surface area contributed by atoms with Crippen molar-refractivity contribution in [2.45, 2.75) is 51.0 Å². The number of methoxy groups -OCH3 is 1. The van der Waals surface area contributed by atoms with Crippen molar-refractivity contribution in [2.24, 2.45) is 5.92 Å². The van der Waals surface area contributed by atoms with Gasteiger partial charge in [0.25, 0.3) is 5.91 Å². The Morgan fingerprint density at radius 2 is 1.74 bits per heavy atom. The van der Waals surface area contributed by atoms with Crippen LogP contribution in [0.25, 0.3) is 22.2 Å². The van der Waals surface area contributed by atoms with Gasteiger partial charge in [-0.2, -0.15) is 13.2 Å². The first-order chi connectivity index (χ1) is 20.1. The van der Waals surface area contributed by atoms with Crippen molar-refractivity contribution in [3.05, 3.63) is 88.5 Å². The van der Waals surface area contributed by atoms with Crippen LogP contribution in [0, 0.1) is 18.7 Å². The number of aliphatic hydroxyl groups is 2. The molecule has 1 aliphatic carbocycles. The van der Waals surface area contributed by atoms with E-state index in [2.05, 4.69) is 15.3 Å². The molecule has 1 amide bonds. The average molecular weight is 598 g/mol. The van der Waals surface area contributed by atoms with Crippen molar-refractivity contribution in [2.75, 3.05) is 13.7 Å². The molecule has 1 saturated carbocycles. The maximum atomic E-state index is 15.7. The van der Waals surface area contributed by atoms with E-state index in [1.807, 2.05) is 13.0 Å². The first kappa shape index (κ1) is 30.4. The number of pyridine rings is 2. The fraction of sp³-hybridized carbons (Fsp3) is 0.344. The second-order valence-electron chi connectivity index (χ2n) is 11.5. The normalized spacial score (nSPS) is 15.3. The maximum Gasteiger partial charge on any atom is 0.416 e. The van der Waals surface area contributed by atoms with Crippen molar-refractivity contribution in [3.8, 4) is 17.0 Å². The van der Waals surface area contributed by atoms with Crippen molar-refractivity contribution >= 4 is 16.8 Å². The number of ether oxygens (including phenoxy) is 1. The Labute approximate surface area is 245 Å². The number of alkyl halides is 3. The summed E-state index contributed by atoms with van der Waals surface area (Å²) in [6.45, 7) is 4.29. The van der Waals surface area contributed by atoms with Crippen LogP contribution in [0.5, 0.6) is 5.75 Å². The molecule has 7 nitrogen and oxygen atoms in total. The van der Waals surface area contributed by atoms with Gasteiger partial charge < -0.3 is 20.3 Å². The molecule has 0 unspecified atom stereocenters. The zero-order valence-electron chi connectivity index (χ0n) is 24.0. The van der Waals surface area contributed by atoms with Gasteiger partial charge in [0.15, 0.2) is 5.82 Å². The zero-order valence-corrected chi connectivity index (χ0v) is 24.0. The monoisotopic (exact) mass is 597 g/mol. The molecule has 0 spiro atoms. The van der Waals surface area contributed by atoms with Crippen LogP contribution in [0.2, 0.25) is 0 Å². The number of rotatable bonds is 8. The van der Waals surface area contributed by atoms with Crippen LogP contribution in [0.15, 0.2) is 54.7 Å². The summed E-state index contributed by atoms with van der Waals surface area (Å²) >= 11 is 0. The highest BCUT2D eigenvalue weighted by molar-refractivity contribution is 6.00. The minimum atomic E-state index is -4.58. The number of aryl methyl sites for hydroxylation is 1. The van der Waals surface area contributed by atoms with Gasteiger partial charge in [-0.05, 0) is 81.5 Å². The standard InChI is InChI=1S/C32H31F4N3O4/c1-17-11-19-12-20(13-24(43-4)27(19)37-15-17)29(40)38-16-31(42,21-9-10-21)25-14-23(30(2,3)41)26(33)28(39-25)18-5-7-22(8-6-18)32(34,35)36/h5-8,11-15,21,41-42H,9-10,16H2,1-4H3,(H,38,40)/t31-/m1/s1. The topological polar surface area (TPSA) is 105 Å². The van der Waals surface area contributed by atoms with Gasteiger partial charge in [0, 0.05) is 28.3 Å². The van der Waals surface area contributed by atoms with Crippen LogP contribution in [0.1, 0.15) is 59.4 Å². The van der Waals surface area contributed by atoms with E-state index in [-0.39, 0.29) is 40.5 Å². The Hall–Kier alpha value is -4.09. The first-order valence-electron chi connectivity index (χ1n) is 13.7. The van der Waals surface area contributed by atoms with Gasteiger partial charge in [0.2, 0.25) is 0 Å². The molecule has 0 bridgehead atoms. The van der Waals surface area contributed by atoms with E-state index in [1.165, 1.54) is 27.0 Å². The molecule has 0 aliphatic heterocycles. The molecule has 5 rings (SSSR count). The third kappa shape index (κ3) is 6.05. The fourth-order valence-electron chi connectivity index (χ4n) is 5.14. The van der Waals surface area contributed by atoms with Crippen LogP contribution in [-0.2, 0) is 17.4 Å². The number of aromatic nitrogens is 2. The van der Waals surface area contributed by atoms with E-state index in [4.69, 9.17) is 4.74 Å². The number of hydrogen-bond donors (Lipinski definition) is 3. The van der Waals surface area contributed by atoms with E-state index in [9.17, 15) is 28.2 Å². The summed E-state index contributed by atoms with van der Waals surface area (Å²) in [4.78, 5) is 22.1. The summed E-state index contributed by atoms with van der Waals surface area (Å²) in [5, 5.41) is 26.2. The molecule has 226 valence electrons. The number of amides is 1. The highest BCUT2D eigenvalue weighted by Crippen LogP contribution is 2.46. The lowest BCUT2D eigenvalue weighted by Gasteiger charge is -2.31. The smallest absolute Gasteiger partial charge is 0.416 e. The lowest BCUT2D eigenvalue weighted by molar-refractivity contribution is -0.137. The number of carbonyl (C=O) groups is 1. The minimum absolute atomic E-state index is 0.0142. The zero-order chi connectivity index (χ0) is 31.3. The van der Waals surface area contributed by atoms with Gasteiger partial charge in [-0.25, -0.2) is 9.37 Å². The van der Waals surface area contributed by atoms with Crippen molar-refractivity contribution in [1.29, 1.82) is 0 Å². The molecular weight excluding hydrogens is 566 g/mol. The van der Waals surface area contributed by atoms with E-state index in [0.29, 0.717) is 29.5 Å². The average Bonchev–Trinajstić information content (AvgIpc) is 3.80. The summed E-state index contributed by atoms with van der Waals surface area (Å²) in [5.74, 6) is -1.37. The van der Waals surface area contributed by atoms with Gasteiger partial charge in [-0.1, -0.05) is 12.1 Å². The van der Waals surface area contributed by atoms with Crippen molar-refractivity contribution in [1.82, 2.24) is 15.3 Å². The second-order valence-corrected chi connectivity index (χ2v) is 11.5. The molecule has 2 aromatic heterocycles. The van der Waals surface area contributed by atoms with Gasteiger partial charge in [0.1, 0.15) is 22.6 Å². The summed E-state index contributed by atoms with van der Waals surface area (Å²) < 4.78 is 60.6. The molecule has 11 heteroatoms. The second kappa shape index (κ2) is 10.9. The third-order valence-corrected chi connectivity index (χ3v) is 7.68. The molecule has 2 heterocycles. The van der Waals surface area contributed by atoms with Crippen LogP contribution in [0.4, 0.5) is 17.6 Å². The number of carbonyl (C=O) groups excluding carboxylic acids is 1. The molecule has 1 fully saturated rings. The number of halogens is 4. The minimum Gasteiger partial charge on any atom is -0.494 e. The Morgan fingerprint density at radius 1 is 1.07 bits per heavy atom. The van der Waals surface area contributed by atoms with Crippen LogP contribution >= 0.6 is 0 Å². The van der Waals surface area contributed by atoms with Crippen LogP contribution < -0.4 is 10.1 Å². The first-order valence-corrected chi connectivity index (χ1v) is 13.7. The van der Waals surface area contributed by atoms with Gasteiger partial charge in [0.05, 0.1) is 30.5 Å². The van der Waals surface area contributed by atoms with E-state index >= 15 is 4.39 Å². The molecule has 1 aliphatic rings. The van der Waals surface area contributed by atoms with E-state index < -0.39 is 34.7 Å². The Balaban J connectivity index is 1.52. The van der Waals surface area contributed by atoms with Gasteiger partial charge in [-0.3, -0.25) is 9.78 Å². The predicted molar refractivity (Wildman–Crippen MR) is 152 cm³/mol. The van der Waals surface area contributed by atoms with E-state index in [1.54, 1.807) is 18.3 Å². The fourth-order valence-corrected chi connectivity index (χ4v) is 5.14. The highest BCUT2D eigenvalue weighted by atomic mass is 19.4. The number of nitrogens with zero attached hydrogens (tertiary/aromatic N) is 2. The molecule has 0 radical (unpaired) electrons. The molecule has 4 aromatic rings. The van der Waals surface area contributed by atoms with Crippen LogP contribution in [-0.4, -0.2) is 39.7 Å². The maximum absolute atomic E-state index is 15.7. The van der Waals surface area contributed by atoms with Crippen LogP contribution in [0.3, 0.4) is 0 Å². The third-order valence-electron chi connectivity index (χ3n) is 7.68. The van der Waals surface area contributed by atoms with Gasteiger partial charge in [-0.15, -0.1) is 0 Å².